The number of amides is 1. The van der Waals surface area contributed by atoms with E-state index < -0.39 is 23.6 Å². The molecule has 4 atom stereocenters. The summed E-state index contributed by atoms with van der Waals surface area (Å²) in [6.07, 6.45) is 4.44. The van der Waals surface area contributed by atoms with Crippen LogP contribution in [0.3, 0.4) is 0 Å². The highest BCUT2D eigenvalue weighted by atomic mass is 19.1. The number of carbonyl (C=O) groups is 2. The Hall–Kier alpha value is -2.17. The quantitative estimate of drug-likeness (QED) is 0.834. The van der Waals surface area contributed by atoms with E-state index in [1.807, 2.05) is 12.2 Å². The van der Waals surface area contributed by atoms with Crippen molar-refractivity contribution in [2.24, 2.45) is 23.7 Å². The molecular weight excluding hydrogens is 261 g/mol. The maximum atomic E-state index is 12.8. The van der Waals surface area contributed by atoms with E-state index >= 15 is 0 Å². The number of hydrogen-bond acceptors (Lipinski definition) is 3. The molecule has 0 heterocycles. The number of carbonyl (C=O) groups excluding carboxylic acids is 2. The number of aliphatic carboxylic acids is 1. The van der Waals surface area contributed by atoms with Gasteiger partial charge in [-0.3, -0.25) is 4.79 Å². The summed E-state index contributed by atoms with van der Waals surface area (Å²) >= 11 is 0. The summed E-state index contributed by atoms with van der Waals surface area (Å²) in [4.78, 5) is 23.5. The van der Waals surface area contributed by atoms with Crippen molar-refractivity contribution in [2.45, 2.75) is 6.42 Å². The van der Waals surface area contributed by atoms with E-state index in [1.165, 1.54) is 24.3 Å². The molecule has 0 spiro atoms. The standard InChI is InChI=1S/C15H14FNO3/c16-10-3-5-11(6-4-10)17-14(18)12-8-1-2-9(7-8)13(12)15(19)20/h1-6,8-9,12-13H,7H2,(H,17,18)(H,19,20)/p-1/t8-,9+,12+,13+/m1/s1. The normalized spacial score (nSPS) is 30.4. The molecule has 3 rings (SSSR count). The highest BCUT2D eigenvalue weighted by Crippen LogP contribution is 2.48. The fraction of sp³-hybridized carbons (Fsp3) is 0.333. The average molecular weight is 274 g/mol. The lowest BCUT2D eigenvalue weighted by Gasteiger charge is -2.27. The summed E-state index contributed by atoms with van der Waals surface area (Å²) < 4.78 is 12.8. The Bertz CT molecular complexity index is 581. The Balaban J connectivity index is 1.78. The highest BCUT2D eigenvalue weighted by molar-refractivity contribution is 5.96. The summed E-state index contributed by atoms with van der Waals surface area (Å²) in [5.74, 6) is -3.47. The summed E-state index contributed by atoms with van der Waals surface area (Å²) in [7, 11) is 0. The van der Waals surface area contributed by atoms with Crippen LogP contribution in [-0.4, -0.2) is 11.9 Å². The highest BCUT2D eigenvalue weighted by Gasteiger charge is 2.48. The zero-order chi connectivity index (χ0) is 14.3. The minimum atomic E-state index is -1.18. The lowest BCUT2D eigenvalue weighted by Crippen LogP contribution is -2.42. The summed E-state index contributed by atoms with van der Waals surface area (Å²) in [5, 5.41) is 13.9. The van der Waals surface area contributed by atoms with Gasteiger partial charge in [0.1, 0.15) is 5.82 Å². The van der Waals surface area contributed by atoms with Crippen LogP contribution in [0.4, 0.5) is 10.1 Å². The first-order valence-corrected chi connectivity index (χ1v) is 6.52. The molecule has 1 aromatic carbocycles. The lowest BCUT2D eigenvalue weighted by atomic mass is 9.82. The Labute approximate surface area is 115 Å². The number of anilines is 1. The molecule has 0 radical (unpaired) electrons. The Kier molecular flexibility index (Phi) is 3.04. The van der Waals surface area contributed by atoms with Crippen LogP contribution >= 0.6 is 0 Å². The third-order valence-electron chi connectivity index (χ3n) is 4.15. The van der Waals surface area contributed by atoms with E-state index in [1.54, 1.807) is 0 Å². The molecule has 20 heavy (non-hydrogen) atoms. The molecule has 1 saturated carbocycles. The molecule has 1 aromatic rings. The summed E-state index contributed by atoms with van der Waals surface area (Å²) in [6.45, 7) is 0. The first kappa shape index (κ1) is 12.8. The maximum Gasteiger partial charge on any atom is 0.228 e. The third kappa shape index (κ3) is 2.09. The predicted molar refractivity (Wildman–Crippen MR) is 67.8 cm³/mol. The lowest BCUT2D eigenvalue weighted by molar-refractivity contribution is -0.313. The molecule has 2 bridgehead atoms. The molecule has 1 fully saturated rings. The van der Waals surface area contributed by atoms with Crippen molar-refractivity contribution < 1.29 is 19.1 Å². The predicted octanol–water partition coefficient (Wildman–Crippen LogP) is 0.952. The van der Waals surface area contributed by atoms with Gasteiger partial charge in [-0.05, 0) is 42.5 Å². The van der Waals surface area contributed by atoms with Crippen molar-refractivity contribution in [1.29, 1.82) is 0 Å². The van der Waals surface area contributed by atoms with Gasteiger partial charge in [0.2, 0.25) is 5.91 Å². The van der Waals surface area contributed by atoms with Crippen molar-refractivity contribution in [3.63, 3.8) is 0 Å². The van der Waals surface area contributed by atoms with Gasteiger partial charge in [0.25, 0.3) is 0 Å². The van der Waals surface area contributed by atoms with Crippen molar-refractivity contribution in [1.82, 2.24) is 0 Å². The minimum Gasteiger partial charge on any atom is -0.550 e. The monoisotopic (exact) mass is 274 g/mol. The summed E-state index contributed by atoms with van der Waals surface area (Å²) in [5.41, 5.74) is 0.459. The fourth-order valence-corrected chi connectivity index (χ4v) is 3.26. The van der Waals surface area contributed by atoms with Gasteiger partial charge in [0.05, 0.1) is 5.92 Å². The zero-order valence-corrected chi connectivity index (χ0v) is 10.6. The van der Waals surface area contributed by atoms with Crippen molar-refractivity contribution in [3.05, 3.63) is 42.2 Å². The third-order valence-corrected chi connectivity index (χ3v) is 4.15. The fourth-order valence-electron chi connectivity index (χ4n) is 3.26. The van der Waals surface area contributed by atoms with E-state index in [-0.39, 0.29) is 17.7 Å². The van der Waals surface area contributed by atoms with Gasteiger partial charge < -0.3 is 15.2 Å². The smallest absolute Gasteiger partial charge is 0.228 e. The second-order valence-corrected chi connectivity index (χ2v) is 5.32. The van der Waals surface area contributed by atoms with Crippen LogP contribution in [0, 0.1) is 29.5 Å². The van der Waals surface area contributed by atoms with Crippen LogP contribution < -0.4 is 10.4 Å². The molecule has 2 aliphatic carbocycles. The van der Waals surface area contributed by atoms with Crippen LogP contribution in [0.15, 0.2) is 36.4 Å². The van der Waals surface area contributed by atoms with Crippen molar-refractivity contribution >= 4 is 17.6 Å². The number of benzene rings is 1. The SMILES string of the molecule is O=C(Nc1ccc(F)cc1)[C@@H]1[C@@H](C(=O)[O-])[C@H]2C=C[C@@H]1C2. The number of fused-ring (bicyclic) bond motifs is 2. The molecular formula is C15H13FNO3-. The molecule has 0 aromatic heterocycles. The van der Waals surface area contributed by atoms with Gasteiger partial charge in [-0.25, -0.2) is 4.39 Å². The van der Waals surface area contributed by atoms with E-state index in [0.717, 1.165) is 0 Å². The van der Waals surface area contributed by atoms with Gasteiger partial charge in [0, 0.05) is 17.6 Å². The van der Waals surface area contributed by atoms with Gasteiger partial charge in [-0.15, -0.1) is 0 Å². The van der Waals surface area contributed by atoms with E-state index in [0.29, 0.717) is 12.1 Å². The van der Waals surface area contributed by atoms with Gasteiger partial charge in [-0.1, -0.05) is 12.2 Å². The first-order valence-electron chi connectivity index (χ1n) is 6.52. The topological polar surface area (TPSA) is 69.2 Å². The van der Waals surface area contributed by atoms with Crippen LogP contribution in [-0.2, 0) is 9.59 Å². The number of nitrogens with one attached hydrogen (secondary N) is 1. The van der Waals surface area contributed by atoms with E-state index in [2.05, 4.69) is 5.32 Å². The first-order chi connectivity index (χ1) is 9.56. The molecule has 0 unspecified atom stereocenters. The minimum absolute atomic E-state index is 0.0525. The Morgan fingerprint density at radius 2 is 1.70 bits per heavy atom. The van der Waals surface area contributed by atoms with Gasteiger partial charge >= 0.3 is 0 Å². The van der Waals surface area contributed by atoms with Crippen LogP contribution in [0.2, 0.25) is 0 Å². The maximum absolute atomic E-state index is 12.8. The molecule has 1 N–H and O–H groups in total. The van der Waals surface area contributed by atoms with Crippen molar-refractivity contribution in [3.8, 4) is 0 Å². The molecule has 2 aliphatic rings. The second-order valence-electron chi connectivity index (χ2n) is 5.32. The van der Waals surface area contributed by atoms with Crippen molar-refractivity contribution in [2.75, 3.05) is 5.32 Å². The number of hydrogen-bond donors (Lipinski definition) is 1. The largest absolute Gasteiger partial charge is 0.550 e. The number of carboxylic acid groups (broad SMARTS) is 1. The molecule has 1 amide bonds. The van der Waals surface area contributed by atoms with Crippen LogP contribution in [0.5, 0.6) is 0 Å². The number of rotatable bonds is 3. The van der Waals surface area contributed by atoms with E-state index in [9.17, 15) is 19.1 Å². The number of carboxylic acids is 1. The zero-order valence-electron chi connectivity index (χ0n) is 10.6. The van der Waals surface area contributed by atoms with E-state index in [4.69, 9.17) is 0 Å². The van der Waals surface area contributed by atoms with Gasteiger partial charge in [0.15, 0.2) is 0 Å². The Morgan fingerprint density at radius 1 is 1.10 bits per heavy atom. The molecule has 5 heteroatoms. The average Bonchev–Trinajstić information content (AvgIpc) is 3.01. The van der Waals surface area contributed by atoms with Crippen LogP contribution in [0.25, 0.3) is 0 Å². The Morgan fingerprint density at radius 3 is 2.30 bits per heavy atom. The second kappa shape index (κ2) is 4.74. The number of halogens is 1. The molecule has 104 valence electrons. The number of allylic oxidation sites excluding steroid dienone is 2. The molecule has 4 nitrogen and oxygen atoms in total. The van der Waals surface area contributed by atoms with Crippen LogP contribution in [0.1, 0.15) is 6.42 Å². The molecule has 0 saturated heterocycles. The van der Waals surface area contributed by atoms with Gasteiger partial charge in [-0.2, -0.15) is 0 Å². The summed E-state index contributed by atoms with van der Waals surface area (Å²) in [6, 6.07) is 5.38. The molecule has 0 aliphatic heterocycles.